The number of fused-ring (bicyclic) bond motifs is 1. The van der Waals surface area contributed by atoms with Gasteiger partial charge in [0.15, 0.2) is 11.5 Å². The summed E-state index contributed by atoms with van der Waals surface area (Å²) in [6.07, 6.45) is 1.56. The summed E-state index contributed by atoms with van der Waals surface area (Å²) in [6, 6.07) is 2.64. The van der Waals surface area contributed by atoms with Gasteiger partial charge in [-0.3, -0.25) is 10.1 Å². The molecule has 1 aliphatic heterocycles. The molecule has 0 amide bonds. The van der Waals surface area contributed by atoms with Crippen LogP contribution in [0.15, 0.2) is 12.1 Å². The van der Waals surface area contributed by atoms with Crippen LogP contribution in [0.4, 0.5) is 5.69 Å². The highest BCUT2D eigenvalue weighted by Crippen LogP contribution is 2.40. The summed E-state index contributed by atoms with van der Waals surface area (Å²) < 4.78 is 10.3. The molecule has 1 aromatic rings. The fraction of sp³-hybridized carbons (Fsp3) is 0.455. The van der Waals surface area contributed by atoms with Crippen LogP contribution in [0.2, 0.25) is 0 Å². The lowest BCUT2D eigenvalue weighted by Gasteiger charge is -2.11. The summed E-state index contributed by atoms with van der Waals surface area (Å²) in [5, 5.41) is 11.0. The van der Waals surface area contributed by atoms with E-state index in [2.05, 4.69) is 0 Å². The zero-order valence-corrected chi connectivity index (χ0v) is 9.51. The van der Waals surface area contributed by atoms with Gasteiger partial charge in [0, 0.05) is 6.04 Å². The van der Waals surface area contributed by atoms with E-state index in [1.807, 2.05) is 6.92 Å². The Morgan fingerprint density at radius 3 is 2.71 bits per heavy atom. The molecule has 0 saturated carbocycles. The third-order valence-electron chi connectivity index (χ3n) is 2.72. The normalized spacial score (nSPS) is 14.7. The SMILES string of the molecule is CCC[C@@H](N)c1cc2c(cc1[N+](=O)[O-])OCO2. The Labute approximate surface area is 98.5 Å². The first kappa shape index (κ1) is 11.7. The maximum absolute atomic E-state index is 11.0. The van der Waals surface area contributed by atoms with Crippen molar-refractivity contribution >= 4 is 5.69 Å². The predicted octanol–water partition coefficient (Wildman–Crippen LogP) is 2.12. The number of nitro groups is 1. The fourth-order valence-electron chi connectivity index (χ4n) is 1.87. The van der Waals surface area contributed by atoms with Crippen LogP contribution in [0, 0.1) is 10.1 Å². The van der Waals surface area contributed by atoms with E-state index in [1.165, 1.54) is 6.07 Å². The van der Waals surface area contributed by atoms with Gasteiger partial charge in [-0.25, -0.2) is 0 Å². The Morgan fingerprint density at radius 2 is 2.12 bits per heavy atom. The topological polar surface area (TPSA) is 87.6 Å². The van der Waals surface area contributed by atoms with E-state index in [-0.39, 0.29) is 18.5 Å². The maximum Gasteiger partial charge on any atom is 0.278 e. The number of hydrogen-bond donors (Lipinski definition) is 1. The van der Waals surface area contributed by atoms with Crippen molar-refractivity contribution in [3.8, 4) is 11.5 Å². The number of rotatable bonds is 4. The van der Waals surface area contributed by atoms with Gasteiger partial charge < -0.3 is 15.2 Å². The average Bonchev–Trinajstić information content (AvgIpc) is 2.74. The summed E-state index contributed by atoms with van der Waals surface area (Å²) in [7, 11) is 0. The molecule has 1 atom stereocenters. The van der Waals surface area contributed by atoms with Crippen molar-refractivity contribution in [1.82, 2.24) is 0 Å². The van der Waals surface area contributed by atoms with Crippen molar-refractivity contribution in [3.05, 3.63) is 27.8 Å². The smallest absolute Gasteiger partial charge is 0.278 e. The van der Waals surface area contributed by atoms with Crippen molar-refractivity contribution in [2.45, 2.75) is 25.8 Å². The maximum atomic E-state index is 11.0. The van der Waals surface area contributed by atoms with Crippen molar-refractivity contribution < 1.29 is 14.4 Å². The second-order valence-corrected chi connectivity index (χ2v) is 3.92. The Hall–Kier alpha value is -1.82. The van der Waals surface area contributed by atoms with E-state index in [0.29, 0.717) is 23.5 Å². The molecular formula is C11H14N2O4. The van der Waals surface area contributed by atoms with Crippen LogP contribution in [0.25, 0.3) is 0 Å². The lowest BCUT2D eigenvalue weighted by atomic mass is 10.0. The van der Waals surface area contributed by atoms with Crippen molar-refractivity contribution in [1.29, 1.82) is 0 Å². The van der Waals surface area contributed by atoms with E-state index < -0.39 is 4.92 Å². The number of ether oxygens (including phenoxy) is 2. The van der Waals surface area contributed by atoms with Gasteiger partial charge in [-0.05, 0) is 12.5 Å². The van der Waals surface area contributed by atoms with Crippen LogP contribution >= 0.6 is 0 Å². The molecule has 0 radical (unpaired) electrons. The van der Waals surface area contributed by atoms with Gasteiger partial charge in [-0.1, -0.05) is 13.3 Å². The molecule has 92 valence electrons. The molecule has 0 fully saturated rings. The average molecular weight is 238 g/mol. The van der Waals surface area contributed by atoms with Crippen LogP contribution < -0.4 is 15.2 Å². The number of hydrogen-bond acceptors (Lipinski definition) is 5. The molecule has 0 aromatic heterocycles. The molecule has 0 unspecified atom stereocenters. The van der Waals surface area contributed by atoms with E-state index in [0.717, 1.165) is 6.42 Å². The molecule has 0 spiro atoms. The standard InChI is InChI=1S/C11H14N2O4/c1-2-3-8(12)7-4-10-11(17-6-16-10)5-9(7)13(14)15/h4-5,8H,2-3,6,12H2,1H3/t8-/m1/s1. The lowest BCUT2D eigenvalue weighted by molar-refractivity contribution is -0.385. The molecule has 1 aromatic carbocycles. The third-order valence-corrected chi connectivity index (χ3v) is 2.72. The van der Waals surface area contributed by atoms with Gasteiger partial charge in [0.25, 0.3) is 5.69 Å². The van der Waals surface area contributed by atoms with Crippen LogP contribution in [0.3, 0.4) is 0 Å². The molecule has 1 heterocycles. The second kappa shape index (κ2) is 4.58. The molecule has 0 saturated heterocycles. The van der Waals surface area contributed by atoms with Crippen molar-refractivity contribution in [3.63, 3.8) is 0 Å². The number of nitrogens with zero attached hydrogens (tertiary/aromatic N) is 1. The zero-order chi connectivity index (χ0) is 12.4. The fourth-order valence-corrected chi connectivity index (χ4v) is 1.87. The summed E-state index contributed by atoms with van der Waals surface area (Å²) in [6.45, 7) is 2.08. The first-order valence-corrected chi connectivity index (χ1v) is 5.47. The van der Waals surface area contributed by atoms with E-state index in [1.54, 1.807) is 6.07 Å². The number of benzene rings is 1. The van der Waals surface area contributed by atoms with Gasteiger partial charge in [0.1, 0.15) is 0 Å². The summed E-state index contributed by atoms with van der Waals surface area (Å²) in [5.41, 5.74) is 6.43. The van der Waals surface area contributed by atoms with Gasteiger partial charge in [0.2, 0.25) is 6.79 Å². The Morgan fingerprint density at radius 1 is 1.47 bits per heavy atom. The molecular weight excluding hydrogens is 224 g/mol. The van der Waals surface area contributed by atoms with E-state index >= 15 is 0 Å². The summed E-state index contributed by atoms with van der Waals surface area (Å²) in [5.74, 6) is 0.932. The quantitative estimate of drug-likeness (QED) is 0.641. The van der Waals surface area contributed by atoms with Gasteiger partial charge in [-0.2, -0.15) is 0 Å². The van der Waals surface area contributed by atoms with E-state index in [4.69, 9.17) is 15.2 Å². The molecule has 0 bridgehead atoms. The zero-order valence-electron chi connectivity index (χ0n) is 9.51. The molecule has 2 rings (SSSR count). The molecule has 6 nitrogen and oxygen atoms in total. The van der Waals surface area contributed by atoms with E-state index in [9.17, 15) is 10.1 Å². The molecule has 1 aliphatic rings. The third kappa shape index (κ3) is 2.16. The molecule has 6 heteroatoms. The predicted molar refractivity (Wildman–Crippen MR) is 61.1 cm³/mol. The molecule has 0 aliphatic carbocycles. The Balaban J connectivity index is 2.45. The Kier molecular flexibility index (Phi) is 3.14. The van der Waals surface area contributed by atoms with Crippen molar-refractivity contribution in [2.75, 3.05) is 6.79 Å². The summed E-state index contributed by atoms with van der Waals surface area (Å²) in [4.78, 5) is 10.5. The van der Waals surface area contributed by atoms with Gasteiger partial charge in [0.05, 0.1) is 16.6 Å². The highest BCUT2D eigenvalue weighted by Gasteiger charge is 2.25. The highest BCUT2D eigenvalue weighted by atomic mass is 16.7. The Bertz CT molecular complexity index is 447. The van der Waals surface area contributed by atoms with Crippen LogP contribution in [-0.4, -0.2) is 11.7 Å². The highest BCUT2D eigenvalue weighted by molar-refractivity contribution is 5.56. The largest absolute Gasteiger partial charge is 0.454 e. The first-order valence-electron chi connectivity index (χ1n) is 5.47. The molecule has 2 N–H and O–H groups in total. The number of nitrogens with two attached hydrogens (primary N) is 1. The van der Waals surface area contributed by atoms with Gasteiger partial charge in [-0.15, -0.1) is 0 Å². The van der Waals surface area contributed by atoms with Crippen LogP contribution in [0.5, 0.6) is 11.5 Å². The van der Waals surface area contributed by atoms with Gasteiger partial charge >= 0.3 is 0 Å². The lowest BCUT2D eigenvalue weighted by Crippen LogP contribution is -2.12. The number of nitro benzene ring substituents is 1. The van der Waals surface area contributed by atoms with Crippen molar-refractivity contribution in [2.24, 2.45) is 5.73 Å². The molecule has 17 heavy (non-hydrogen) atoms. The van der Waals surface area contributed by atoms with Crippen LogP contribution in [-0.2, 0) is 0 Å². The first-order chi connectivity index (χ1) is 8.13. The minimum atomic E-state index is -0.438. The minimum absolute atomic E-state index is 0.00444. The second-order valence-electron chi connectivity index (χ2n) is 3.92. The monoisotopic (exact) mass is 238 g/mol. The summed E-state index contributed by atoms with van der Waals surface area (Å²) >= 11 is 0. The minimum Gasteiger partial charge on any atom is -0.454 e. The van der Waals surface area contributed by atoms with Crippen LogP contribution in [0.1, 0.15) is 31.4 Å².